The van der Waals surface area contributed by atoms with Crippen LogP contribution in [0, 0.1) is 0 Å². The number of nitrogens with one attached hydrogen (secondary N) is 1. The lowest BCUT2D eigenvalue weighted by Crippen LogP contribution is -2.18. The summed E-state index contributed by atoms with van der Waals surface area (Å²) in [5.74, 6) is -0.716. The van der Waals surface area contributed by atoms with Crippen molar-refractivity contribution in [2.45, 2.75) is 12.7 Å². The number of carbonyl (C=O) groups is 1. The molecule has 0 fully saturated rings. The van der Waals surface area contributed by atoms with Crippen LogP contribution in [0.5, 0.6) is 0 Å². The van der Waals surface area contributed by atoms with Crippen molar-refractivity contribution in [3.8, 4) is 11.3 Å². The number of ether oxygens (including phenoxy) is 1. The van der Waals surface area contributed by atoms with Crippen molar-refractivity contribution in [1.29, 1.82) is 0 Å². The van der Waals surface area contributed by atoms with E-state index in [0.717, 1.165) is 5.56 Å². The Labute approximate surface area is 195 Å². The molecule has 174 valence electrons. The molecular formula is C27H23F3N2O2. The number of nitrogens with zero attached hydrogens (tertiary/aromatic N) is 1. The number of ketones is 1. The van der Waals surface area contributed by atoms with Crippen molar-refractivity contribution in [3.05, 3.63) is 101 Å². The Morgan fingerprint density at radius 1 is 0.941 bits per heavy atom. The van der Waals surface area contributed by atoms with Crippen LogP contribution in [0.4, 0.5) is 13.2 Å². The van der Waals surface area contributed by atoms with Crippen molar-refractivity contribution in [2.24, 2.45) is 0 Å². The zero-order chi connectivity index (χ0) is 24.1. The molecule has 0 radical (unpaired) electrons. The van der Waals surface area contributed by atoms with Crippen molar-refractivity contribution >= 4 is 16.7 Å². The Balaban J connectivity index is 1.88. The number of benzene rings is 3. The average Bonchev–Trinajstić information content (AvgIpc) is 2.85. The first-order valence-corrected chi connectivity index (χ1v) is 10.8. The molecule has 0 unspecified atom stereocenters. The number of para-hydroxylation sites is 1. The maximum atomic E-state index is 14.4. The van der Waals surface area contributed by atoms with Crippen LogP contribution in [0.25, 0.3) is 22.2 Å². The Kier molecular flexibility index (Phi) is 7.05. The second-order valence-electron chi connectivity index (χ2n) is 7.79. The molecule has 0 saturated heterocycles. The van der Waals surface area contributed by atoms with Crippen LogP contribution < -0.4 is 5.32 Å². The van der Waals surface area contributed by atoms with Gasteiger partial charge in [0.2, 0.25) is 0 Å². The third kappa shape index (κ3) is 5.00. The van der Waals surface area contributed by atoms with Crippen molar-refractivity contribution < 1.29 is 22.7 Å². The summed E-state index contributed by atoms with van der Waals surface area (Å²) in [6.45, 7) is 1.83. The van der Waals surface area contributed by atoms with Crippen LogP contribution >= 0.6 is 0 Å². The molecular weight excluding hydrogens is 441 g/mol. The van der Waals surface area contributed by atoms with E-state index in [1.54, 1.807) is 43.5 Å². The Hall–Kier alpha value is -3.55. The molecule has 4 nitrogen and oxygen atoms in total. The van der Waals surface area contributed by atoms with Gasteiger partial charge in [-0.3, -0.25) is 4.79 Å². The molecule has 0 amide bonds. The van der Waals surface area contributed by atoms with Crippen molar-refractivity contribution in [1.82, 2.24) is 10.3 Å². The Bertz CT molecular complexity index is 1290. The molecule has 0 aliphatic carbocycles. The summed E-state index contributed by atoms with van der Waals surface area (Å²) in [5.41, 5.74) is 0.350. The quantitative estimate of drug-likeness (QED) is 0.261. The molecule has 1 N–H and O–H groups in total. The number of alkyl halides is 3. The van der Waals surface area contributed by atoms with Gasteiger partial charge in [-0.2, -0.15) is 13.2 Å². The fraction of sp³-hybridized carbons (Fsp3) is 0.185. The molecule has 0 aliphatic rings. The van der Waals surface area contributed by atoms with Gasteiger partial charge in [-0.05, 0) is 11.6 Å². The van der Waals surface area contributed by atoms with E-state index in [9.17, 15) is 18.0 Å². The maximum Gasteiger partial charge on any atom is 0.417 e. The third-order valence-electron chi connectivity index (χ3n) is 5.48. The molecule has 4 aromatic rings. The van der Waals surface area contributed by atoms with Gasteiger partial charge in [0.1, 0.15) is 0 Å². The zero-order valence-corrected chi connectivity index (χ0v) is 18.5. The van der Waals surface area contributed by atoms with E-state index < -0.39 is 23.1 Å². The highest BCUT2D eigenvalue weighted by molar-refractivity contribution is 6.15. The van der Waals surface area contributed by atoms with Crippen LogP contribution in [-0.2, 0) is 17.5 Å². The topological polar surface area (TPSA) is 51.2 Å². The minimum atomic E-state index is -4.75. The monoisotopic (exact) mass is 464 g/mol. The van der Waals surface area contributed by atoms with E-state index in [-0.39, 0.29) is 22.2 Å². The number of halogens is 3. The number of methoxy groups -OCH3 is 1. The van der Waals surface area contributed by atoms with Gasteiger partial charge in [0.05, 0.1) is 28.9 Å². The normalized spacial score (nSPS) is 11.6. The summed E-state index contributed by atoms with van der Waals surface area (Å²) < 4.78 is 48.3. The predicted molar refractivity (Wildman–Crippen MR) is 126 cm³/mol. The van der Waals surface area contributed by atoms with Crippen molar-refractivity contribution in [3.63, 3.8) is 0 Å². The number of hydrogen-bond donors (Lipinski definition) is 1. The van der Waals surface area contributed by atoms with Crippen LogP contribution in [0.3, 0.4) is 0 Å². The molecule has 34 heavy (non-hydrogen) atoms. The third-order valence-corrected chi connectivity index (χ3v) is 5.48. The molecule has 1 aromatic heterocycles. The predicted octanol–water partition coefficient (Wildman–Crippen LogP) is 5.89. The summed E-state index contributed by atoms with van der Waals surface area (Å²) in [6, 6.07) is 21.0. The minimum absolute atomic E-state index is 0.0128. The van der Waals surface area contributed by atoms with Crippen LogP contribution in [0.15, 0.2) is 78.9 Å². The second-order valence-corrected chi connectivity index (χ2v) is 7.79. The fourth-order valence-corrected chi connectivity index (χ4v) is 3.86. The standard InChI is InChI=1S/C27H23F3N2O2/c1-34-16-15-31-17-18-11-13-19(14-12-18)25-23(26(33)20-7-3-2-4-8-20)24(27(28,29)30)21-9-5-6-10-22(21)32-25/h2-14,31H,15-17H2,1H3. The number of aromatic nitrogens is 1. The summed E-state index contributed by atoms with van der Waals surface area (Å²) in [5, 5.41) is 3.12. The largest absolute Gasteiger partial charge is 0.417 e. The van der Waals surface area contributed by atoms with Gasteiger partial charge >= 0.3 is 6.18 Å². The Morgan fingerprint density at radius 2 is 1.62 bits per heavy atom. The lowest BCUT2D eigenvalue weighted by Gasteiger charge is -2.19. The molecule has 7 heteroatoms. The van der Waals surface area contributed by atoms with Crippen LogP contribution in [-0.4, -0.2) is 31.0 Å². The summed E-state index contributed by atoms with van der Waals surface area (Å²) in [4.78, 5) is 18.0. The number of hydrogen-bond acceptors (Lipinski definition) is 4. The Morgan fingerprint density at radius 3 is 2.29 bits per heavy atom. The number of pyridine rings is 1. The molecule has 4 rings (SSSR count). The first-order chi connectivity index (χ1) is 16.4. The SMILES string of the molecule is COCCNCc1ccc(-c2nc3ccccc3c(C(F)(F)F)c2C(=O)c2ccccc2)cc1. The van der Waals surface area contributed by atoms with E-state index in [0.29, 0.717) is 25.3 Å². The molecule has 0 bridgehead atoms. The molecule has 0 aliphatic heterocycles. The van der Waals surface area contributed by atoms with E-state index in [1.165, 1.54) is 30.3 Å². The van der Waals surface area contributed by atoms with Gasteiger partial charge in [-0.15, -0.1) is 0 Å². The lowest BCUT2D eigenvalue weighted by atomic mass is 9.90. The fourth-order valence-electron chi connectivity index (χ4n) is 3.86. The van der Waals surface area contributed by atoms with Gasteiger partial charge in [0.15, 0.2) is 5.78 Å². The molecule has 0 atom stereocenters. The summed E-state index contributed by atoms with van der Waals surface area (Å²) >= 11 is 0. The van der Waals surface area contributed by atoms with Gasteiger partial charge in [0, 0.05) is 36.7 Å². The van der Waals surface area contributed by atoms with E-state index in [1.807, 2.05) is 12.1 Å². The molecule has 0 saturated carbocycles. The molecule has 1 heterocycles. The average molecular weight is 464 g/mol. The summed E-state index contributed by atoms with van der Waals surface area (Å²) in [6.07, 6.45) is -4.75. The first-order valence-electron chi connectivity index (χ1n) is 10.8. The molecule has 3 aromatic carbocycles. The number of fused-ring (bicyclic) bond motifs is 1. The maximum absolute atomic E-state index is 14.4. The lowest BCUT2D eigenvalue weighted by molar-refractivity contribution is -0.136. The number of carbonyl (C=O) groups excluding carboxylic acids is 1. The molecule has 0 spiro atoms. The van der Waals surface area contributed by atoms with Gasteiger partial charge < -0.3 is 10.1 Å². The van der Waals surface area contributed by atoms with Gasteiger partial charge in [0.25, 0.3) is 0 Å². The highest BCUT2D eigenvalue weighted by Crippen LogP contribution is 2.41. The smallest absolute Gasteiger partial charge is 0.383 e. The van der Waals surface area contributed by atoms with E-state index in [2.05, 4.69) is 10.3 Å². The van der Waals surface area contributed by atoms with E-state index >= 15 is 0 Å². The van der Waals surface area contributed by atoms with Gasteiger partial charge in [-0.1, -0.05) is 72.8 Å². The second kappa shape index (κ2) is 10.2. The highest BCUT2D eigenvalue weighted by atomic mass is 19.4. The summed E-state index contributed by atoms with van der Waals surface area (Å²) in [7, 11) is 1.62. The first kappa shape index (κ1) is 23.6. The van der Waals surface area contributed by atoms with Crippen LogP contribution in [0.1, 0.15) is 27.0 Å². The zero-order valence-electron chi connectivity index (χ0n) is 18.5. The van der Waals surface area contributed by atoms with Crippen molar-refractivity contribution in [2.75, 3.05) is 20.3 Å². The van der Waals surface area contributed by atoms with Crippen LogP contribution in [0.2, 0.25) is 0 Å². The van der Waals surface area contributed by atoms with Gasteiger partial charge in [-0.25, -0.2) is 4.98 Å². The number of rotatable bonds is 8. The highest BCUT2D eigenvalue weighted by Gasteiger charge is 2.39. The minimum Gasteiger partial charge on any atom is -0.383 e. The van der Waals surface area contributed by atoms with E-state index in [4.69, 9.17) is 4.74 Å².